The molecule has 0 aromatic rings. The number of aliphatic carboxylic acids is 1. The predicted molar refractivity (Wildman–Crippen MR) is 24.7 cm³/mol. The number of carbonyl (C=O) groups is 1. The van der Waals surface area contributed by atoms with Crippen molar-refractivity contribution in [2.45, 2.75) is 18.0 Å². The van der Waals surface area contributed by atoms with Gasteiger partial charge in [0.1, 0.15) is 0 Å². The van der Waals surface area contributed by atoms with Crippen molar-refractivity contribution in [2.75, 3.05) is 0 Å². The Morgan fingerprint density at radius 1 is 0.923 bits per heavy atom. The average molecular weight is 212 g/mol. The highest BCUT2D eigenvalue weighted by molar-refractivity contribution is 5.79. The van der Waals surface area contributed by atoms with Crippen LogP contribution in [-0.4, -0.2) is 34.1 Å². The summed E-state index contributed by atoms with van der Waals surface area (Å²) in [5, 5.41) is 15.5. The normalized spacial score (nSPS) is 14.4. The van der Waals surface area contributed by atoms with Gasteiger partial charge in [-0.1, -0.05) is 0 Å². The number of hydrogen-bond donors (Lipinski definition) is 2. The lowest BCUT2D eigenvalue weighted by atomic mass is 10.0. The van der Waals surface area contributed by atoms with E-state index in [1.807, 2.05) is 0 Å². The van der Waals surface area contributed by atoms with Gasteiger partial charge in [-0.25, -0.2) is 4.79 Å². The average Bonchev–Trinajstić information content (AvgIpc) is 1.80. The van der Waals surface area contributed by atoms with Crippen molar-refractivity contribution in [1.82, 2.24) is 0 Å². The fraction of sp³-hybridized carbons (Fsp3) is 0.750. The van der Waals surface area contributed by atoms with Crippen LogP contribution in [0.5, 0.6) is 0 Å². The number of hydrogen-bond acceptors (Lipinski definition) is 2. The second-order valence-electron chi connectivity index (χ2n) is 2.01. The molecule has 0 heterocycles. The molecule has 0 fully saturated rings. The standard InChI is InChI=1S/C4H2F6O3/c5-3(6,7)2(13,1(11)12)4(8,9)10/h13H,(H,11,12). The van der Waals surface area contributed by atoms with Crippen molar-refractivity contribution in [3.63, 3.8) is 0 Å². The second kappa shape index (κ2) is 2.76. The van der Waals surface area contributed by atoms with Crippen LogP contribution in [0, 0.1) is 0 Å². The molecule has 3 nitrogen and oxygen atoms in total. The molecule has 0 saturated heterocycles. The van der Waals surface area contributed by atoms with E-state index in [4.69, 9.17) is 10.2 Å². The molecular formula is C4H2F6O3. The van der Waals surface area contributed by atoms with Crippen LogP contribution in [0.15, 0.2) is 0 Å². The van der Waals surface area contributed by atoms with Gasteiger partial charge < -0.3 is 10.2 Å². The van der Waals surface area contributed by atoms with Gasteiger partial charge in [-0.2, -0.15) is 26.3 Å². The summed E-state index contributed by atoms with van der Waals surface area (Å²) in [7, 11) is 0. The van der Waals surface area contributed by atoms with E-state index in [2.05, 4.69) is 0 Å². The quantitative estimate of drug-likeness (QED) is 0.635. The van der Waals surface area contributed by atoms with Crippen LogP contribution >= 0.6 is 0 Å². The summed E-state index contributed by atoms with van der Waals surface area (Å²) in [4.78, 5) is 9.62. The SMILES string of the molecule is O=C(O)C(O)(C(F)(F)F)C(F)(F)F. The maximum Gasteiger partial charge on any atom is 0.437 e. The third kappa shape index (κ3) is 1.69. The Morgan fingerprint density at radius 2 is 1.15 bits per heavy atom. The van der Waals surface area contributed by atoms with E-state index >= 15 is 0 Å². The van der Waals surface area contributed by atoms with Crippen LogP contribution in [0.25, 0.3) is 0 Å². The van der Waals surface area contributed by atoms with E-state index in [1.165, 1.54) is 0 Å². The summed E-state index contributed by atoms with van der Waals surface area (Å²) in [5.74, 6) is -3.41. The molecule has 13 heavy (non-hydrogen) atoms. The van der Waals surface area contributed by atoms with E-state index in [0.717, 1.165) is 0 Å². The minimum Gasteiger partial charge on any atom is -0.479 e. The van der Waals surface area contributed by atoms with Crippen LogP contribution in [0.2, 0.25) is 0 Å². The van der Waals surface area contributed by atoms with E-state index in [-0.39, 0.29) is 0 Å². The first-order valence-electron chi connectivity index (χ1n) is 2.54. The fourth-order valence-corrected chi connectivity index (χ4v) is 0.403. The van der Waals surface area contributed by atoms with Crippen LogP contribution < -0.4 is 0 Å². The van der Waals surface area contributed by atoms with Crippen molar-refractivity contribution < 1.29 is 41.4 Å². The lowest BCUT2D eigenvalue weighted by molar-refractivity contribution is -0.355. The monoisotopic (exact) mass is 212 g/mol. The van der Waals surface area contributed by atoms with E-state index in [1.54, 1.807) is 0 Å². The number of rotatable bonds is 1. The van der Waals surface area contributed by atoms with Gasteiger partial charge in [-0.3, -0.25) is 0 Å². The molecule has 2 N–H and O–H groups in total. The minimum atomic E-state index is -6.31. The van der Waals surface area contributed by atoms with Gasteiger partial charge in [0.25, 0.3) is 0 Å². The third-order valence-electron chi connectivity index (χ3n) is 1.13. The number of alkyl halides is 6. The molecule has 0 bridgehead atoms. The molecule has 0 atom stereocenters. The molecule has 0 aromatic heterocycles. The number of carboxylic acids is 1. The maximum absolute atomic E-state index is 11.5. The Morgan fingerprint density at radius 3 is 1.15 bits per heavy atom. The van der Waals surface area contributed by atoms with Crippen LogP contribution in [-0.2, 0) is 4.79 Å². The Kier molecular flexibility index (Phi) is 2.55. The molecule has 0 aromatic carbocycles. The summed E-state index contributed by atoms with van der Waals surface area (Å²) in [5.41, 5.74) is -5.71. The van der Waals surface area contributed by atoms with Gasteiger partial charge in [0.05, 0.1) is 0 Å². The lowest BCUT2D eigenvalue weighted by Crippen LogP contribution is -2.62. The molecule has 78 valence electrons. The Hall–Kier alpha value is -0.990. The van der Waals surface area contributed by atoms with Gasteiger partial charge in [0.15, 0.2) is 0 Å². The summed E-state index contributed by atoms with van der Waals surface area (Å²) in [6.07, 6.45) is -12.6. The van der Waals surface area contributed by atoms with Gasteiger partial charge in [-0.15, -0.1) is 0 Å². The third-order valence-corrected chi connectivity index (χ3v) is 1.13. The topological polar surface area (TPSA) is 57.5 Å². The molecule has 0 aliphatic heterocycles. The Balaban J connectivity index is 5.35. The van der Waals surface area contributed by atoms with Crippen LogP contribution in [0.4, 0.5) is 26.3 Å². The molecule has 0 spiro atoms. The van der Waals surface area contributed by atoms with Crippen molar-refractivity contribution >= 4 is 5.97 Å². The lowest BCUT2D eigenvalue weighted by Gasteiger charge is -2.27. The van der Waals surface area contributed by atoms with Gasteiger partial charge in [-0.05, 0) is 0 Å². The molecular weight excluding hydrogens is 210 g/mol. The molecule has 0 radical (unpaired) electrons. The van der Waals surface area contributed by atoms with Gasteiger partial charge >= 0.3 is 23.9 Å². The van der Waals surface area contributed by atoms with Gasteiger partial charge in [0, 0.05) is 0 Å². The number of carboxylic acid groups (broad SMARTS) is 1. The highest BCUT2D eigenvalue weighted by Gasteiger charge is 2.76. The molecule has 9 heteroatoms. The first kappa shape index (κ1) is 12.0. The fourth-order valence-electron chi connectivity index (χ4n) is 0.403. The van der Waals surface area contributed by atoms with Crippen LogP contribution in [0.1, 0.15) is 0 Å². The molecule has 0 saturated carbocycles. The van der Waals surface area contributed by atoms with Crippen LogP contribution in [0.3, 0.4) is 0 Å². The van der Waals surface area contributed by atoms with E-state index < -0.39 is 23.9 Å². The number of aliphatic hydroxyl groups is 1. The molecule has 0 aliphatic rings. The zero-order valence-corrected chi connectivity index (χ0v) is 5.57. The van der Waals surface area contributed by atoms with Crippen molar-refractivity contribution in [1.29, 1.82) is 0 Å². The van der Waals surface area contributed by atoms with Gasteiger partial charge in [0.2, 0.25) is 0 Å². The summed E-state index contributed by atoms with van der Waals surface area (Å²) < 4.78 is 69.0. The summed E-state index contributed by atoms with van der Waals surface area (Å²) in [6, 6.07) is 0. The molecule has 0 aliphatic carbocycles. The summed E-state index contributed by atoms with van der Waals surface area (Å²) >= 11 is 0. The van der Waals surface area contributed by atoms with E-state index in [0.29, 0.717) is 0 Å². The smallest absolute Gasteiger partial charge is 0.437 e. The second-order valence-corrected chi connectivity index (χ2v) is 2.01. The Labute approximate surface area is 66.6 Å². The summed E-state index contributed by atoms with van der Waals surface area (Å²) in [6.45, 7) is 0. The predicted octanol–water partition coefficient (Wildman–Crippen LogP) is 0.927. The largest absolute Gasteiger partial charge is 0.479 e. The molecule has 0 unspecified atom stereocenters. The first-order chi connectivity index (χ1) is 5.44. The zero-order chi connectivity index (χ0) is 11.1. The molecule has 0 amide bonds. The highest BCUT2D eigenvalue weighted by Crippen LogP contribution is 2.42. The maximum atomic E-state index is 11.5. The number of halogens is 6. The van der Waals surface area contributed by atoms with Crippen molar-refractivity contribution in [2.24, 2.45) is 0 Å². The first-order valence-corrected chi connectivity index (χ1v) is 2.54. The van der Waals surface area contributed by atoms with Crippen molar-refractivity contribution in [3.8, 4) is 0 Å². The van der Waals surface area contributed by atoms with E-state index in [9.17, 15) is 31.1 Å². The highest BCUT2D eigenvalue weighted by atomic mass is 19.4. The van der Waals surface area contributed by atoms with Crippen molar-refractivity contribution in [3.05, 3.63) is 0 Å². The Bertz CT molecular complexity index is 201. The molecule has 0 rings (SSSR count). The zero-order valence-electron chi connectivity index (χ0n) is 5.57. The minimum absolute atomic E-state index is 3.41.